The number of aliphatic carboxylic acids is 1. The van der Waals surface area contributed by atoms with Crippen molar-refractivity contribution in [3.05, 3.63) is 24.5 Å². The minimum Gasteiger partial charge on any atom is -0.481 e. The summed E-state index contributed by atoms with van der Waals surface area (Å²) in [6.45, 7) is 4.12. The van der Waals surface area contributed by atoms with E-state index in [9.17, 15) is 9.59 Å². The van der Waals surface area contributed by atoms with E-state index in [2.05, 4.69) is 10.3 Å². The summed E-state index contributed by atoms with van der Waals surface area (Å²) in [5.41, 5.74) is 0. The monoisotopic (exact) mass is 296 g/mol. The van der Waals surface area contributed by atoms with Gasteiger partial charge in [0.15, 0.2) is 0 Å². The van der Waals surface area contributed by atoms with Crippen LogP contribution >= 0.6 is 11.8 Å². The van der Waals surface area contributed by atoms with Gasteiger partial charge in [0.25, 0.3) is 0 Å². The maximum absolute atomic E-state index is 11.7. The third-order valence-corrected chi connectivity index (χ3v) is 3.68. The molecule has 0 spiro atoms. The van der Waals surface area contributed by atoms with Crippen LogP contribution in [0.15, 0.2) is 29.4 Å². The van der Waals surface area contributed by atoms with Crippen molar-refractivity contribution in [1.82, 2.24) is 10.3 Å². The Morgan fingerprint density at radius 3 is 2.55 bits per heavy atom. The Morgan fingerprint density at radius 2 is 2.00 bits per heavy atom. The maximum Gasteiger partial charge on any atom is 0.308 e. The average Bonchev–Trinajstić information content (AvgIpc) is 2.41. The van der Waals surface area contributed by atoms with Crippen LogP contribution in [-0.2, 0) is 9.59 Å². The second kappa shape index (κ2) is 8.58. The number of carboxylic acids is 1. The molecule has 0 radical (unpaired) electrons. The predicted octanol–water partition coefficient (Wildman–Crippen LogP) is 2.04. The maximum atomic E-state index is 11.7. The van der Waals surface area contributed by atoms with Gasteiger partial charge in [-0.2, -0.15) is 0 Å². The zero-order valence-corrected chi connectivity index (χ0v) is 12.5. The highest BCUT2D eigenvalue weighted by molar-refractivity contribution is 8.00. The molecule has 1 amide bonds. The van der Waals surface area contributed by atoms with Crippen molar-refractivity contribution in [1.29, 1.82) is 0 Å². The van der Waals surface area contributed by atoms with E-state index in [1.807, 2.05) is 26.0 Å². The van der Waals surface area contributed by atoms with Crippen LogP contribution in [0.2, 0.25) is 0 Å². The summed E-state index contributed by atoms with van der Waals surface area (Å²) in [6, 6.07) is 3.66. The molecule has 1 unspecified atom stereocenters. The van der Waals surface area contributed by atoms with Gasteiger partial charge in [0.2, 0.25) is 5.91 Å². The van der Waals surface area contributed by atoms with Crippen molar-refractivity contribution in [2.45, 2.75) is 25.2 Å². The van der Waals surface area contributed by atoms with E-state index in [1.54, 1.807) is 12.4 Å². The van der Waals surface area contributed by atoms with E-state index in [0.717, 1.165) is 4.90 Å². The summed E-state index contributed by atoms with van der Waals surface area (Å²) in [7, 11) is 0. The lowest BCUT2D eigenvalue weighted by atomic mass is 9.97. The lowest BCUT2D eigenvalue weighted by Gasteiger charge is -2.15. The summed E-state index contributed by atoms with van der Waals surface area (Å²) >= 11 is 1.40. The summed E-state index contributed by atoms with van der Waals surface area (Å²) in [4.78, 5) is 27.6. The first-order chi connectivity index (χ1) is 9.49. The number of carbonyl (C=O) groups is 2. The number of nitrogens with one attached hydrogen (secondary N) is 1. The van der Waals surface area contributed by atoms with Crippen molar-refractivity contribution in [3.8, 4) is 0 Å². The third kappa shape index (κ3) is 6.56. The van der Waals surface area contributed by atoms with Crippen molar-refractivity contribution in [2.75, 3.05) is 12.3 Å². The van der Waals surface area contributed by atoms with E-state index in [4.69, 9.17) is 5.11 Å². The molecular weight excluding hydrogens is 276 g/mol. The number of carboxylic acid groups (broad SMARTS) is 1. The van der Waals surface area contributed by atoms with Crippen molar-refractivity contribution in [2.24, 2.45) is 11.8 Å². The summed E-state index contributed by atoms with van der Waals surface area (Å²) < 4.78 is 0. The Bertz CT molecular complexity index is 437. The number of aromatic nitrogens is 1. The normalized spacial score (nSPS) is 12.2. The van der Waals surface area contributed by atoms with Gasteiger partial charge in [0.1, 0.15) is 0 Å². The molecule has 6 heteroatoms. The van der Waals surface area contributed by atoms with Crippen LogP contribution in [0, 0.1) is 11.8 Å². The Morgan fingerprint density at radius 1 is 1.35 bits per heavy atom. The number of hydrogen-bond donors (Lipinski definition) is 2. The van der Waals surface area contributed by atoms with Crippen LogP contribution in [0.1, 0.15) is 20.3 Å². The lowest BCUT2D eigenvalue weighted by molar-refractivity contribution is -0.142. The first-order valence-corrected chi connectivity index (χ1v) is 7.50. The first kappa shape index (κ1) is 16.5. The second-order valence-corrected chi connectivity index (χ2v) is 5.99. The summed E-state index contributed by atoms with van der Waals surface area (Å²) in [5.74, 6) is -0.968. The molecule has 0 aliphatic carbocycles. The molecule has 0 aliphatic rings. The Balaban J connectivity index is 2.32. The largest absolute Gasteiger partial charge is 0.481 e. The highest BCUT2D eigenvalue weighted by atomic mass is 32.2. The predicted molar refractivity (Wildman–Crippen MR) is 78.6 cm³/mol. The van der Waals surface area contributed by atoms with E-state index < -0.39 is 11.9 Å². The summed E-state index contributed by atoms with van der Waals surface area (Å²) in [5, 5.41) is 11.8. The Kier molecular flexibility index (Phi) is 7.08. The van der Waals surface area contributed by atoms with Crippen LogP contribution in [0.4, 0.5) is 0 Å². The highest BCUT2D eigenvalue weighted by Gasteiger charge is 2.19. The Labute approximate surface area is 123 Å². The van der Waals surface area contributed by atoms with Crippen molar-refractivity contribution in [3.63, 3.8) is 0 Å². The number of carbonyl (C=O) groups excluding carboxylic acids is 1. The molecule has 0 bridgehead atoms. The fraction of sp³-hybridized carbons (Fsp3) is 0.500. The smallest absolute Gasteiger partial charge is 0.308 e. The molecule has 1 heterocycles. The van der Waals surface area contributed by atoms with Crippen LogP contribution < -0.4 is 5.32 Å². The van der Waals surface area contributed by atoms with E-state index in [1.165, 1.54) is 11.8 Å². The van der Waals surface area contributed by atoms with Gasteiger partial charge >= 0.3 is 5.97 Å². The average molecular weight is 296 g/mol. The van der Waals surface area contributed by atoms with Gasteiger partial charge in [-0.1, -0.05) is 13.8 Å². The van der Waals surface area contributed by atoms with Crippen LogP contribution in [0.5, 0.6) is 0 Å². The SMILES string of the molecule is CC(C)CC(CNC(=O)CSc1ccncc1)C(=O)O. The van der Waals surface area contributed by atoms with E-state index >= 15 is 0 Å². The third-order valence-electron chi connectivity index (χ3n) is 2.67. The lowest BCUT2D eigenvalue weighted by Crippen LogP contribution is -2.34. The molecule has 20 heavy (non-hydrogen) atoms. The minimum absolute atomic E-state index is 0.151. The summed E-state index contributed by atoms with van der Waals surface area (Å²) in [6.07, 6.45) is 3.90. The van der Waals surface area contributed by atoms with Crippen molar-refractivity contribution >= 4 is 23.6 Å². The quantitative estimate of drug-likeness (QED) is 0.718. The standard InChI is InChI=1S/C14H20N2O3S/c1-10(2)7-11(14(18)19)8-16-13(17)9-20-12-3-5-15-6-4-12/h3-6,10-11H,7-9H2,1-2H3,(H,16,17)(H,18,19). The molecule has 1 aromatic heterocycles. The topological polar surface area (TPSA) is 79.3 Å². The van der Waals surface area contributed by atoms with Crippen LogP contribution in [0.25, 0.3) is 0 Å². The molecule has 0 fully saturated rings. The molecule has 0 saturated carbocycles. The number of nitrogens with zero attached hydrogens (tertiary/aromatic N) is 1. The Hall–Kier alpha value is -1.56. The van der Waals surface area contributed by atoms with Gasteiger partial charge in [-0.25, -0.2) is 0 Å². The molecule has 5 nitrogen and oxygen atoms in total. The van der Waals surface area contributed by atoms with Gasteiger partial charge in [0.05, 0.1) is 11.7 Å². The minimum atomic E-state index is -0.860. The van der Waals surface area contributed by atoms with Gasteiger partial charge in [0, 0.05) is 23.8 Å². The zero-order valence-electron chi connectivity index (χ0n) is 11.7. The molecule has 0 saturated heterocycles. The number of rotatable bonds is 8. The van der Waals surface area contributed by atoms with E-state index in [0.29, 0.717) is 12.3 Å². The van der Waals surface area contributed by atoms with E-state index in [-0.39, 0.29) is 18.2 Å². The number of thioether (sulfide) groups is 1. The molecule has 2 N–H and O–H groups in total. The number of hydrogen-bond acceptors (Lipinski definition) is 4. The number of amides is 1. The fourth-order valence-electron chi connectivity index (χ4n) is 1.71. The van der Waals surface area contributed by atoms with Gasteiger partial charge in [-0.3, -0.25) is 14.6 Å². The fourth-order valence-corrected chi connectivity index (χ4v) is 2.43. The van der Waals surface area contributed by atoms with Gasteiger partial charge in [-0.15, -0.1) is 11.8 Å². The second-order valence-electron chi connectivity index (χ2n) is 4.94. The van der Waals surface area contributed by atoms with Crippen LogP contribution in [-0.4, -0.2) is 34.3 Å². The first-order valence-electron chi connectivity index (χ1n) is 6.51. The molecule has 0 aromatic carbocycles. The zero-order chi connectivity index (χ0) is 15.0. The molecule has 1 atom stereocenters. The van der Waals surface area contributed by atoms with Crippen molar-refractivity contribution < 1.29 is 14.7 Å². The molecular formula is C14H20N2O3S. The molecule has 1 rings (SSSR count). The molecule has 110 valence electrons. The van der Waals surface area contributed by atoms with Gasteiger partial charge in [-0.05, 0) is 24.5 Å². The molecule has 1 aromatic rings. The number of pyridine rings is 1. The highest BCUT2D eigenvalue weighted by Crippen LogP contribution is 2.16. The molecule has 0 aliphatic heterocycles. The van der Waals surface area contributed by atoms with Gasteiger partial charge < -0.3 is 10.4 Å². The van der Waals surface area contributed by atoms with Crippen LogP contribution in [0.3, 0.4) is 0 Å².